The van der Waals surface area contributed by atoms with E-state index in [1.54, 1.807) is 0 Å². The Bertz CT molecular complexity index is 623. The molecule has 0 radical (unpaired) electrons. The summed E-state index contributed by atoms with van der Waals surface area (Å²) in [4.78, 5) is 18.4. The largest absolute Gasteiger partial charge is 0.338 e. The van der Waals surface area contributed by atoms with Crippen LogP contribution in [-0.2, 0) is 13.0 Å². The average Bonchev–Trinajstić information content (AvgIpc) is 3.03. The van der Waals surface area contributed by atoms with Crippen molar-refractivity contribution in [2.75, 3.05) is 31.1 Å². The molecule has 0 saturated carbocycles. The van der Waals surface area contributed by atoms with E-state index in [-0.39, 0.29) is 6.03 Å². The highest BCUT2D eigenvalue weighted by Crippen LogP contribution is 2.09. The van der Waals surface area contributed by atoms with E-state index in [0.29, 0.717) is 6.54 Å². The van der Waals surface area contributed by atoms with E-state index in [1.807, 2.05) is 47.3 Å². The first-order valence-corrected chi connectivity index (χ1v) is 9.13. The summed E-state index contributed by atoms with van der Waals surface area (Å²) in [5.41, 5.74) is 1.25. The van der Waals surface area contributed by atoms with Gasteiger partial charge in [0.25, 0.3) is 0 Å². The van der Waals surface area contributed by atoms with Crippen molar-refractivity contribution in [3.63, 3.8) is 0 Å². The van der Waals surface area contributed by atoms with Crippen LogP contribution in [-0.4, -0.2) is 51.6 Å². The summed E-state index contributed by atoms with van der Waals surface area (Å²) >= 11 is 1.91. The lowest BCUT2D eigenvalue weighted by atomic mass is 10.2. The molecule has 1 aliphatic rings. The zero-order valence-corrected chi connectivity index (χ0v) is 14.0. The number of aromatic nitrogens is 2. The fourth-order valence-electron chi connectivity index (χ4n) is 2.65. The van der Waals surface area contributed by atoms with Crippen LogP contribution in [0, 0.1) is 0 Å². The third-order valence-corrected chi connectivity index (χ3v) is 4.86. The van der Waals surface area contributed by atoms with Gasteiger partial charge in [-0.05, 0) is 5.56 Å². The molecule has 0 bridgehead atoms. The Kier molecular flexibility index (Phi) is 5.58. The lowest BCUT2D eigenvalue weighted by Crippen LogP contribution is -2.44. The number of benzene rings is 1. The summed E-state index contributed by atoms with van der Waals surface area (Å²) in [6.07, 6.45) is 4.56. The standard InChI is InChI=1S/C17H22N4OS/c22-17(20-10-12-23-13-11-20)19-7-6-16-18-8-9-21(16)14-15-4-2-1-3-5-15/h1-5,8-9H,6-7,10-14H2,(H,19,22). The second-order valence-electron chi connectivity index (χ2n) is 5.54. The van der Waals surface area contributed by atoms with Crippen molar-refractivity contribution in [3.8, 4) is 0 Å². The van der Waals surface area contributed by atoms with Crippen LogP contribution in [0.25, 0.3) is 0 Å². The Morgan fingerprint density at radius 3 is 2.78 bits per heavy atom. The van der Waals surface area contributed by atoms with Gasteiger partial charge in [0.15, 0.2) is 0 Å². The van der Waals surface area contributed by atoms with Crippen molar-refractivity contribution in [1.82, 2.24) is 19.8 Å². The lowest BCUT2D eigenvalue weighted by molar-refractivity contribution is 0.203. The number of amides is 2. The number of urea groups is 1. The summed E-state index contributed by atoms with van der Waals surface area (Å²) in [5.74, 6) is 3.08. The van der Waals surface area contributed by atoms with Crippen LogP contribution in [0.15, 0.2) is 42.7 Å². The van der Waals surface area contributed by atoms with E-state index in [2.05, 4.69) is 27.0 Å². The molecule has 6 heteroatoms. The molecule has 0 aliphatic carbocycles. The first-order chi connectivity index (χ1) is 11.3. The minimum absolute atomic E-state index is 0.0477. The Balaban J connectivity index is 1.49. The predicted molar refractivity (Wildman–Crippen MR) is 93.8 cm³/mol. The van der Waals surface area contributed by atoms with Gasteiger partial charge in [-0.25, -0.2) is 9.78 Å². The topological polar surface area (TPSA) is 50.2 Å². The van der Waals surface area contributed by atoms with Crippen molar-refractivity contribution in [2.24, 2.45) is 0 Å². The van der Waals surface area contributed by atoms with Crippen LogP contribution < -0.4 is 5.32 Å². The highest BCUT2D eigenvalue weighted by atomic mass is 32.2. The first kappa shape index (κ1) is 15.9. The van der Waals surface area contributed by atoms with Crippen LogP contribution in [0.2, 0.25) is 0 Å². The van der Waals surface area contributed by atoms with Gasteiger partial charge < -0.3 is 14.8 Å². The molecule has 1 saturated heterocycles. The molecular weight excluding hydrogens is 308 g/mol. The number of nitrogens with zero attached hydrogens (tertiary/aromatic N) is 3. The van der Waals surface area contributed by atoms with E-state index in [4.69, 9.17) is 0 Å². The molecule has 5 nitrogen and oxygen atoms in total. The van der Waals surface area contributed by atoms with Gasteiger partial charge in [-0.2, -0.15) is 11.8 Å². The van der Waals surface area contributed by atoms with Crippen LogP contribution in [0.5, 0.6) is 0 Å². The number of rotatable bonds is 5. The summed E-state index contributed by atoms with van der Waals surface area (Å²) in [7, 11) is 0. The molecule has 1 aliphatic heterocycles. The second kappa shape index (κ2) is 8.06. The summed E-state index contributed by atoms with van der Waals surface area (Å²) in [6.45, 7) is 3.13. The summed E-state index contributed by atoms with van der Waals surface area (Å²) < 4.78 is 2.14. The zero-order valence-electron chi connectivity index (χ0n) is 13.1. The number of carbonyl (C=O) groups is 1. The van der Waals surface area contributed by atoms with Gasteiger partial charge in [0, 0.05) is 56.5 Å². The van der Waals surface area contributed by atoms with Gasteiger partial charge in [0.05, 0.1) is 0 Å². The monoisotopic (exact) mass is 330 g/mol. The van der Waals surface area contributed by atoms with Crippen LogP contribution >= 0.6 is 11.8 Å². The van der Waals surface area contributed by atoms with Gasteiger partial charge in [-0.15, -0.1) is 0 Å². The van der Waals surface area contributed by atoms with Gasteiger partial charge in [0.1, 0.15) is 5.82 Å². The molecule has 1 N–H and O–H groups in total. The molecule has 0 spiro atoms. The van der Waals surface area contributed by atoms with Crippen LogP contribution in [0.1, 0.15) is 11.4 Å². The predicted octanol–water partition coefficient (Wildman–Crippen LogP) is 2.23. The molecule has 2 amide bonds. The minimum Gasteiger partial charge on any atom is -0.338 e. The first-order valence-electron chi connectivity index (χ1n) is 7.97. The minimum atomic E-state index is 0.0477. The second-order valence-corrected chi connectivity index (χ2v) is 6.76. The molecular formula is C17H22N4OS. The van der Waals surface area contributed by atoms with Crippen LogP contribution in [0.3, 0.4) is 0 Å². The van der Waals surface area contributed by atoms with Gasteiger partial charge in [-0.1, -0.05) is 30.3 Å². The molecule has 0 atom stereocenters. The molecule has 1 fully saturated rings. The number of hydrogen-bond acceptors (Lipinski definition) is 3. The van der Waals surface area contributed by atoms with E-state index >= 15 is 0 Å². The average molecular weight is 330 g/mol. The van der Waals surface area contributed by atoms with Crippen molar-refractivity contribution in [2.45, 2.75) is 13.0 Å². The van der Waals surface area contributed by atoms with Crippen molar-refractivity contribution in [1.29, 1.82) is 0 Å². The number of carbonyl (C=O) groups excluding carboxylic acids is 1. The SMILES string of the molecule is O=C(NCCc1nccn1Cc1ccccc1)N1CCSCC1. The molecule has 1 aromatic heterocycles. The van der Waals surface area contributed by atoms with E-state index in [0.717, 1.165) is 43.4 Å². The molecule has 3 rings (SSSR count). The molecule has 23 heavy (non-hydrogen) atoms. The van der Waals surface area contributed by atoms with E-state index in [1.165, 1.54) is 5.56 Å². The fraction of sp³-hybridized carbons (Fsp3) is 0.412. The van der Waals surface area contributed by atoms with Crippen LogP contribution in [0.4, 0.5) is 4.79 Å². The maximum absolute atomic E-state index is 12.1. The third-order valence-electron chi connectivity index (χ3n) is 3.92. The summed E-state index contributed by atoms with van der Waals surface area (Å²) in [6, 6.07) is 10.4. The maximum atomic E-state index is 12.1. The molecule has 2 heterocycles. The van der Waals surface area contributed by atoms with E-state index in [9.17, 15) is 4.79 Å². The van der Waals surface area contributed by atoms with E-state index < -0.39 is 0 Å². The Morgan fingerprint density at radius 1 is 1.22 bits per heavy atom. The van der Waals surface area contributed by atoms with Crippen molar-refractivity contribution in [3.05, 3.63) is 54.1 Å². The van der Waals surface area contributed by atoms with Gasteiger partial charge >= 0.3 is 6.03 Å². The Morgan fingerprint density at radius 2 is 2.00 bits per heavy atom. The lowest BCUT2D eigenvalue weighted by Gasteiger charge is -2.26. The highest BCUT2D eigenvalue weighted by molar-refractivity contribution is 7.99. The zero-order chi connectivity index (χ0) is 15.9. The number of thioether (sulfide) groups is 1. The molecule has 1 aromatic carbocycles. The smallest absolute Gasteiger partial charge is 0.317 e. The Hall–Kier alpha value is -1.95. The van der Waals surface area contributed by atoms with Crippen molar-refractivity contribution < 1.29 is 4.79 Å². The van der Waals surface area contributed by atoms with Gasteiger partial charge in [-0.3, -0.25) is 0 Å². The molecule has 2 aromatic rings. The quantitative estimate of drug-likeness (QED) is 0.915. The number of hydrogen-bond donors (Lipinski definition) is 1. The maximum Gasteiger partial charge on any atom is 0.317 e. The number of imidazole rings is 1. The fourth-order valence-corrected chi connectivity index (χ4v) is 3.55. The van der Waals surface area contributed by atoms with Crippen molar-refractivity contribution >= 4 is 17.8 Å². The molecule has 0 unspecified atom stereocenters. The highest BCUT2D eigenvalue weighted by Gasteiger charge is 2.16. The normalized spacial score (nSPS) is 14.7. The molecule has 122 valence electrons. The third kappa shape index (κ3) is 4.51. The van der Waals surface area contributed by atoms with Gasteiger partial charge in [0.2, 0.25) is 0 Å². The summed E-state index contributed by atoms with van der Waals surface area (Å²) in [5, 5.41) is 3.01. The number of nitrogens with one attached hydrogen (secondary N) is 1. The Labute approximate surface area is 141 Å².